The van der Waals surface area contributed by atoms with Gasteiger partial charge in [0.1, 0.15) is 5.60 Å². The Labute approximate surface area is 122 Å². The van der Waals surface area contributed by atoms with Crippen molar-refractivity contribution in [2.24, 2.45) is 5.92 Å². The third kappa shape index (κ3) is 7.97. The fourth-order valence-electron chi connectivity index (χ4n) is 1.95. The fourth-order valence-corrected chi connectivity index (χ4v) is 1.95. The number of ether oxygens (including phenoxy) is 1. The van der Waals surface area contributed by atoms with Crippen molar-refractivity contribution in [2.45, 2.75) is 72.3 Å². The van der Waals surface area contributed by atoms with Gasteiger partial charge in [0.2, 0.25) is 0 Å². The van der Waals surface area contributed by atoms with Crippen LogP contribution in [0, 0.1) is 5.92 Å². The van der Waals surface area contributed by atoms with Gasteiger partial charge >= 0.3 is 11.9 Å². The summed E-state index contributed by atoms with van der Waals surface area (Å²) >= 11 is 0. The normalized spacial score (nSPS) is 13.9. The van der Waals surface area contributed by atoms with Crippen LogP contribution in [0.3, 0.4) is 0 Å². The summed E-state index contributed by atoms with van der Waals surface area (Å²) in [4.78, 5) is 22.8. The zero-order chi connectivity index (χ0) is 15.8. The number of esters is 1. The third-order valence-corrected chi connectivity index (χ3v) is 3.10. The molecule has 0 aromatic heterocycles. The molecule has 1 N–H and O–H groups in total. The second-order valence-electron chi connectivity index (χ2n) is 6.00. The first-order valence-electron chi connectivity index (χ1n) is 7.32. The number of carboxylic acid groups (broad SMARTS) is 1. The maximum absolute atomic E-state index is 12.0. The molecule has 0 bridgehead atoms. The Hall–Kier alpha value is -1.32. The summed E-state index contributed by atoms with van der Waals surface area (Å²) in [6.07, 6.45) is 5.31. The minimum absolute atomic E-state index is 0.0897. The molecule has 20 heavy (non-hydrogen) atoms. The van der Waals surface area contributed by atoms with Gasteiger partial charge in [-0.1, -0.05) is 19.4 Å². The van der Waals surface area contributed by atoms with Gasteiger partial charge < -0.3 is 9.84 Å². The standard InChI is InChI=1S/C16H28O4/c1-6-12(14(17)18)10-8-9-11-13(7-2)15(19)20-16(3,4)5/h6,13H,7-11H2,1-5H3,(H,17,18). The Morgan fingerprint density at radius 3 is 2.25 bits per heavy atom. The van der Waals surface area contributed by atoms with Crippen molar-refractivity contribution >= 4 is 11.9 Å². The number of carboxylic acids is 1. The van der Waals surface area contributed by atoms with Crippen LogP contribution in [0.2, 0.25) is 0 Å². The summed E-state index contributed by atoms with van der Waals surface area (Å²) in [7, 11) is 0. The van der Waals surface area contributed by atoms with Crippen molar-refractivity contribution in [3.8, 4) is 0 Å². The number of hydrogen-bond acceptors (Lipinski definition) is 3. The molecule has 116 valence electrons. The first-order chi connectivity index (χ1) is 9.21. The first kappa shape index (κ1) is 18.7. The Kier molecular flexibility index (Phi) is 8.19. The molecule has 0 aromatic carbocycles. The molecule has 0 saturated heterocycles. The van der Waals surface area contributed by atoms with Gasteiger partial charge in [-0.15, -0.1) is 0 Å². The predicted molar refractivity (Wildman–Crippen MR) is 79.5 cm³/mol. The van der Waals surface area contributed by atoms with Crippen molar-refractivity contribution < 1.29 is 19.4 Å². The average molecular weight is 284 g/mol. The van der Waals surface area contributed by atoms with E-state index in [1.54, 1.807) is 13.0 Å². The highest BCUT2D eigenvalue weighted by atomic mass is 16.6. The second kappa shape index (κ2) is 8.77. The number of aliphatic carboxylic acids is 1. The van der Waals surface area contributed by atoms with E-state index in [0.29, 0.717) is 12.0 Å². The lowest BCUT2D eigenvalue weighted by atomic mass is 9.97. The van der Waals surface area contributed by atoms with Crippen molar-refractivity contribution in [1.82, 2.24) is 0 Å². The second-order valence-corrected chi connectivity index (χ2v) is 6.00. The van der Waals surface area contributed by atoms with E-state index in [4.69, 9.17) is 9.84 Å². The van der Waals surface area contributed by atoms with Gasteiger partial charge in [-0.25, -0.2) is 4.79 Å². The van der Waals surface area contributed by atoms with Crippen LogP contribution in [0.1, 0.15) is 66.7 Å². The molecule has 4 nitrogen and oxygen atoms in total. The molecule has 1 unspecified atom stereocenters. The molecule has 0 heterocycles. The molecule has 0 rings (SSSR count). The van der Waals surface area contributed by atoms with Crippen LogP contribution < -0.4 is 0 Å². The van der Waals surface area contributed by atoms with E-state index in [9.17, 15) is 9.59 Å². The lowest BCUT2D eigenvalue weighted by Gasteiger charge is -2.23. The molecule has 1 atom stereocenters. The molecule has 0 fully saturated rings. The quantitative estimate of drug-likeness (QED) is 0.416. The van der Waals surface area contributed by atoms with E-state index in [-0.39, 0.29) is 11.9 Å². The molecule has 0 spiro atoms. The number of carbonyl (C=O) groups excluding carboxylic acids is 1. The Bertz CT molecular complexity index is 350. The Balaban J connectivity index is 4.15. The van der Waals surface area contributed by atoms with E-state index < -0.39 is 11.6 Å². The Morgan fingerprint density at radius 2 is 1.85 bits per heavy atom. The van der Waals surface area contributed by atoms with Gasteiger partial charge in [0.05, 0.1) is 5.92 Å². The average Bonchev–Trinajstić information content (AvgIpc) is 2.31. The van der Waals surface area contributed by atoms with Crippen LogP contribution in [0.25, 0.3) is 0 Å². The number of hydrogen-bond donors (Lipinski definition) is 1. The maximum Gasteiger partial charge on any atom is 0.331 e. The zero-order valence-electron chi connectivity index (χ0n) is 13.4. The number of unbranched alkanes of at least 4 members (excludes halogenated alkanes) is 1. The minimum atomic E-state index is -0.855. The van der Waals surface area contributed by atoms with E-state index in [1.807, 2.05) is 27.7 Å². The van der Waals surface area contributed by atoms with Crippen molar-refractivity contribution in [2.75, 3.05) is 0 Å². The molecule has 0 aliphatic carbocycles. The summed E-state index contributed by atoms with van der Waals surface area (Å²) in [6.45, 7) is 9.30. The Morgan fingerprint density at radius 1 is 1.25 bits per heavy atom. The smallest absolute Gasteiger partial charge is 0.331 e. The van der Waals surface area contributed by atoms with Gasteiger partial charge in [0.25, 0.3) is 0 Å². The van der Waals surface area contributed by atoms with E-state index >= 15 is 0 Å². The van der Waals surface area contributed by atoms with Crippen LogP contribution >= 0.6 is 0 Å². The maximum atomic E-state index is 12.0. The van der Waals surface area contributed by atoms with Crippen LogP contribution in [-0.4, -0.2) is 22.6 Å². The van der Waals surface area contributed by atoms with Crippen molar-refractivity contribution in [3.63, 3.8) is 0 Å². The van der Waals surface area contributed by atoms with E-state index in [2.05, 4.69) is 0 Å². The van der Waals surface area contributed by atoms with E-state index in [0.717, 1.165) is 25.7 Å². The monoisotopic (exact) mass is 284 g/mol. The molecule has 0 aliphatic rings. The van der Waals surface area contributed by atoms with Gasteiger partial charge in [-0.2, -0.15) is 0 Å². The summed E-state index contributed by atoms with van der Waals surface area (Å²) in [5.41, 5.74) is -0.0123. The predicted octanol–water partition coefficient (Wildman–Crippen LogP) is 3.95. The molecule has 4 heteroatoms. The van der Waals surface area contributed by atoms with Gasteiger partial charge in [0.15, 0.2) is 0 Å². The number of carbonyl (C=O) groups is 2. The zero-order valence-corrected chi connectivity index (χ0v) is 13.4. The number of rotatable bonds is 8. The molecular formula is C16H28O4. The molecule has 0 aromatic rings. The lowest BCUT2D eigenvalue weighted by molar-refractivity contribution is -0.160. The SMILES string of the molecule is CC=C(CCCCC(CC)C(=O)OC(C)(C)C)C(=O)O. The topological polar surface area (TPSA) is 63.6 Å². The summed E-state index contributed by atoms with van der Waals surface area (Å²) in [5.74, 6) is -1.09. The highest BCUT2D eigenvalue weighted by Crippen LogP contribution is 2.20. The van der Waals surface area contributed by atoms with Crippen LogP contribution in [0.15, 0.2) is 11.6 Å². The third-order valence-electron chi connectivity index (χ3n) is 3.10. The highest BCUT2D eigenvalue weighted by molar-refractivity contribution is 5.86. The molecule has 0 radical (unpaired) electrons. The van der Waals surface area contributed by atoms with Crippen LogP contribution in [0.4, 0.5) is 0 Å². The fraction of sp³-hybridized carbons (Fsp3) is 0.750. The highest BCUT2D eigenvalue weighted by Gasteiger charge is 2.23. The lowest BCUT2D eigenvalue weighted by Crippen LogP contribution is -2.28. The first-order valence-corrected chi connectivity index (χ1v) is 7.32. The molecule has 0 amide bonds. The summed E-state index contributed by atoms with van der Waals surface area (Å²) < 4.78 is 5.38. The molecular weight excluding hydrogens is 256 g/mol. The number of allylic oxidation sites excluding steroid dienone is 1. The summed E-state index contributed by atoms with van der Waals surface area (Å²) in [6, 6.07) is 0. The van der Waals surface area contributed by atoms with Gasteiger partial charge in [0, 0.05) is 5.57 Å². The van der Waals surface area contributed by atoms with Gasteiger partial charge in [-0.05, 0) is 53.4 Å². The largest absolute Gasteiger partial charge is 0.478 e. The minimum Gasteiger partial charge on any atom is -0.478 e. The van der Waals surface area contributed by atoms with Crippen molar-refractivity contribution in [3.05, 3.63) is 11.6 Å². The van der Waals surface area contributed by atoms with Crippen LogP contribution in [0.5, 0.6) is 0 Å². The van der Waals surface area contributed by atoms with E-state index in [1.165, 1.54) is 0 Å². The molecule has 0 saturated carbocycles. The summed E-state index contributed by atoms with van der Waals surface area (Å²) in [5, 5.41) is 8.90. The van der Waals surface area contributed by atoms with Gasteiger partial charge in [-0.3, -0.25) is 4.79 Å². The van der Waals surface area contributed by atoms with Crippen molar-refractivity contribution in [1.29, 1.82) is 0 Å². The molecule has 0 aliphatic heterocycles. The van der Waals surface area contributed by atoms with Crippen LogP contribution in [-0.2, 0) is 14.3 Å².